The molecule has 0 aliphatic carbocycles. The second-order valence-electron chi connectivity index (χ2n) is 4.21. The van der Waals surface area contributed by atoms with Crippen LogP contribution < -0.4 is 5.48 Å². The molecule has 19 heavy (non-hydrogen) atoms. The lowest BCUT2D eigenvalue weighted by atomic mass is 9.98. The Morgan fingerprint density at radius 1 is 1.21 bits per heavy atom. The number of rotatable bonds is 5. The highest BCUT2D eigenvalue weighted by Crippen LogP contribution is 2.13. The van der Waals surface area contributed by atoms with Gasteiger partial charge in [0.05, 0.1) is 12.0 Å². The first-order valence-corrected chi connectivity index (χ1v) is 6.34. The van der Waals surface area contributed by atoms with E-state index < -0.39 is 23.9 Å². The zero-order valence-electron chi connectivity index (χ0n) is 11.1. The van der Waals surface area contributed by atoms with E-state index in [-0.39, 0.29) is 0 Å². The molecule has 2 N–H and O–H groups in total. The highest BCUT2D eigenvalue weighted by molar-refractivity contribution is 5.94. The van der Waals surface area contributed by atoms with E-state index in [9.17, 15) is 14.7 Å². The van der Waals surface area contributed by atoms with Crippen LogP contribution in [0.1, 0.15) is 37.0 Å². The van der Waals surface area contributed by atoms with Gasteiger partial charge in [0.25, 0.3) is 5.91 Å². The first-order valence-electron chi connectivity index (χ1n) is 6.34. The van der Waals surface area contributed by atoms with E-state index in [4.69, 9.17) is 4.84 Å². The summed E-state index contributed by atoms with van der Waals surface area (Å²) in [6, 6.07) is 8.44. The van der Waals surface area contributed by atoms with Crippen LogP contribution in [0.5, 0.6) is 0 Å². The summed E-state index contributed by atoms with van der Waals surface area (Å²) in [4.78, 5) is 28.1. The summed E-state index contributed by atoms with van der Waals surface area (Å²) in [7, 11) is 0. The maximum absolute atomic E-state index is 11.7. The van der Waals surface area contributed by atoms with Crippen LogP contribution in [0.2, 0.25) is 0 Å². The Morgan fingerprint density at radius 2 is 1.84 bits per heavy atom. The first kappa shape index (κ1) is 15.2. The third-order valence-electron chi connectivity index (χ3n) is 2.91. The third kappa shape index (κ3) is 4.37. The monoisotopic (exact) mass is 265 g/mol. The fourth-order valence-electron chi connectivity index (χ4n) is 1.70. The third-order valence-corrected chi connectivity index (χ3v) is 2.91. The molecule has 2 atom stereocenters. The van der Waals surface area contributed by atoms with Crippen molar-refractivity contribution < 1.29 is 19.5 Å². The molecule has 1 aromatic carbocycles. The summed E-state index contributed by atoms with van der Waals surface area (Å²) in [5.74, 6) is -1.74. The van der Waals surface area contributed by atoms with E-state index in [1.54, 1.807) is 44.2 Å². The molecule has 0 radical (unpaired) electrons. The van der Waals surface area contributed by atoms with Gasteiger partial charge in [-0.05, 0) is 25.0 Å². The Hall–Kier alpha value is -1.88. The number of hydroxylamine groups is 1. The van der Waals surface area contributed by atoms with Crippen molar-refractivity contribution in [3.05, 3.63) is 35.9 Å². The van der Waals surface area contributed by atoms with Gasteiger partial charge in [-0.1, -0.05) is 32.0 Å². The molecule has 0 fully saturated rings. The van der Waals surface area contributed by atoms with Crippen molar-refractivity contribution in [2.45, 2.75) is 32.8 Å². The van der Waals surface area contributed by atoms with Gasteiger partial charge in [-0.3, -0.25) is 4.79 Å². The molecular formula is C14H19NO4. The highest BCUT2D eigenvalue weighted by Gasteiger charge is 2.26. The van der Waals surface area contributed by atoms with Gasteiger partial charge in [-0.2, -0.15) is 5.48 Å². The SMILES string of the molecule is CCC(C(=O)ONC(=O)c1ccccc1)[C@H](O)CC. The van der Waals surface area contributed by atoms with Crippen LogP contribution in [0.4, 0.5) is 0 Å². The zero-order valence-corrected chi connectivity index (χ0v) is 11.1. The van der Waals surface area contributed by atoms with Crippen LogP contribution in [-0.4, -0.2) is 23.1 Å². The van der Waals surface area contributed by atoms with Crippen molar-refractivity contribution in [2.75, 3.05) is 0 Å². The minimum atomic E-state index is -0.758. The molecule has 0 spiro atoms. The summed E-state index contributed by atoms with van der Waals surface area (Å²) in [5.41, 5.74) is 2.50. The summed E-state index contributed by atoms with van der Waals surface area (Å²) in [5, 5.41) is 9.66. The minimum Gasteiger partial charge on any atom is -0.392 e. The lowest BCUT2D eigenvalue weighted by Gasteiger charge is -2.18. The van der Waals surface area contributed by atoms with Gasteiger partial charge in [-0.25, -0.2) is 4.79 Å². The largest absolute Gasteiger partial charge is 0.392 e. The van der Waals surface area contributed by atoms with Gasteiger partial charge in [0.15, 0.2) is 0 Å². The molecule has 0 aliphatic rings. The summed E-state index contributed by atoms with van der Waals surface area (Å²) >= 11 is 0. The van der Waals surface area contributed by atoms with Gasteiger partial charge in [0.2, 0.25) is 0 Å². The maximum Gasteiger partial charge on any atom is 0.337 e. The summed E-state index contributed by atoms with van der Waals surface area (Å²) in [6.45, 7) is 3.56. The standard InChI is InChI=1S/C14H19NO4/c1-3-11(12(16)4-2)14(18)19-15-13(17)10-8-6-5-7-9-10/h5-9,11-12,16H,3-4H2,1-2H3,(H,15,17)/t11?,12-/m1/s1. The number of hydrogen-bond acceptors (Lipinski definition) is 4. The van der Waals surface area contributed by atoms with Crippen molar-refractivity contribution in [3.8, 4) is 0 Å². The van der Waals surface area contributed by atoms with Crippen molar-refractivity contribution >= 4 is 11.9 Å². The van der Waals surface area contributed by atoms with Crippen molar-refractivity contribution in [1.29, 1.82) is 0 Å². The van der Waals surface area contributed by atoms with Gasteiger partial charge < -0.3 is 9.94 Å². The molecule has 5 nitrogen and oxygen atoms in total. The molecule has 1 aromatic rings. The zero-order chi connectivity index (χ0) is 14.3. The summed E-state index contributed by atoms with van der Waals surface area (Å²) < 4.78 is 0. The van der Waals surface area contributed by atoms with Gasteiger partial charge >= 0.3 is 5.97 Å². The number of nitrogens with one attached hydrogen (secondary N) is 1. The Balaban J connectivity index is 2.52. The average Bonchev–Trinajstić information content (AvgIpc) is 2.46. The molecule has 104 valence electrons. The number of aliphatic hydroxyl groups is 1. The van der Waals surface area contributed by atoms with Crippen LogP contribution in [0.3, 0.4) is 0 Å². The normalized spacial score (nSPS) is 13.4. The number of carbonyl (C=O) groups is 2. The molecular weight excluding hydrogens is 246 g/mol. The molecule has 1 unspecified atom stereocenters. The van der Waals surface area contributed by atoms with Crippen LogP contribution in [0.15, 0.2) is 30.3 Å². The Morgan fingerprint density at radius 3 is 2.37 bits per heavy atom. The van der Waals surface area contributed by atoms with Crippen molar-refractivity contribution in [3.63, 3.8) is 0 Å². The molecule has 0 saturated heterocycles. The number of amides is 1. The topological polar surface area (TPSA) is 75.6 Å². The van der Waals surface area contributed by atoms with E-state index in [1.807, 2.05) is 0 Å². The molecule has 5 heteroatoms. The molecule has 0 saturated carbocycles. The quantitative estimate of drug-likeness (QED) is 0.794. The summed E-state index contributed by atoms with van der Waals surface area (Å²) in [6.07, 6.45) is 0.154. The van der Waals surface area contributed by atoms with Crippen LogP contribution in [-0.2, 0) is 9.63 Å². The van der Waals surface area contributed by atoms with E-state index in [2.05, 4.69) is 5.48 Å². The number of hydrogen-bond donors (Lipinski definition) is 2. The molecule has 1 rings (SSSR count). The fraction of sp³-hybridized carbons (Fsp3) is 0.429. The number of aliphatic hydroxyl groups excluding tert-OH is 1. The number of benzene rings is 1. The maximum atomic E-state index is 11.7. The molecule has 1 amide bonds. The second-order valence-corrected chi connectivity index (χ2v) is 4.21. The predicted molar refractivity (Wildman–Crippen MR) is 70.1 cm³/mol. The highest BCUT2D eigenvalue weighted by atomic mass is 16.7. The van der Waals surface area contributed by atoms with Crippen LogP contribution >= 0.6 is 0 Å². The van der Waals surface area contributed by atoms with Crippen LogP contribution in [0, 0.1) is 5.92 Å². The lowest BCUT2D eigenvalue weighted by molar-refractivity contribution is -0.158. The average molecular weight is 265 g/mol. The van der Waals surface area contributed by atoms with Crippen molar-refractivity contribution in [2.24, 2.45) is 5.92 Å². The second kappa shape index (κ2) is 7.53. The smallest absolute Gasteiger partial charge is 0.337 e. The lowest BCUT2D eigenvalue weighted by Crippen LogP contribution is -2.35. The van der Waals surface area contributed by atoms with Gasteiger partial charge in [-0.15, -0.1) is 0 Å². The fourth-order valence-corrected chi connectivity index (χ4v) is 1.70. The molecule has 0 aromatic heterocycles. The number of carbonyl (C=O) groups excluding carboxylic acids is 2. The van der Waals surface area contributed by atoms with E-state index in [0.717, 1.165) is 0 Å². The van der Waals surface area contributed by atoms with Gasteiger partial charge in [0.1, 0.15) is 0 Å². The Labute approximate surface area is 112 Å². The van der Waals surface area contributed by atoms with E-state index in [0.29, 0.717) is 18.4 Å². The first-order chi connectivity index (χ1) is 9.10. The van der Waals surface area contributed by atoms with Gasteiger partial charge in [0, 0.05) is 5.56 Å². The Kier molecular flexibility index (Phi) is 6.02. The molecule has 0 bridgehead atoms. The van der Waals surface area contributed by atoms with E-state index >= 15 is 0 Å². The van der Waals surface area contributed by atoms with Crippen LogP contribution in [0.25, 0.3) is 0 Å². The van der Waals surface area contributed by atoms with E-state index in [1.165, 1.54) is 0 Å². The van der Waals surface area contributed by atoms with Crippen molar-refractivity contribution in [1.82, 2.24) is 5.48 Å². The predicted octanol–water partition coefficient (Wildman–Crippen LogP) is 1.67. The Bertz CT molecular complexity index is 419. The molecule has 0 aliphatic heterocycles. The minimum absolute atomic E-state index is 0.402. The molecule has 0 heterocycles.